The minimum absolute atomic E-state index is 0.193. The SMILES string of the molecule is CC(C)c1ccc([S+](C(C)C)C(C)C)c2cc(O)ccc12.O=S(=O)([O-])C(F)(F)F. The minimum Gasteiger partial charge on any atom is -0.741 e. The lowest BCUT2D eigenvalue weighted by atomic mass is 9.96. The molecule has 0 aliphatic heterocycles. The van der Waals surface area contributed by atoms with Crippen LogP contribution in [0.3, 0.4) is 0 Å². The van der Waals surface area contributed by atoms with Crippen LogP contribution in [-0.2, 0) is 21.0 Å². The molecule has 0 atom stereocenters. The second kappa shape index (κ2) is 9.57. The fourth-order valence-electron chi connectivity index (χ4n) is 3.09. The Bertz CT molecular complexity index is 929. The highest BCUT2D eigenvalue weighted by atomic mass is 32.2. The molecule has 0 heterocycles. The van der Waals surface area contributed by atoms with E-state index in [1.54, 1.807) is 6.07 Å². The molecule has 0 aliphatic rings. The number of hydrogen-bond donors (Lipinski definition) is 1. The zero-order valence-corrected chi connectivity index (χ0v) is 18.9. The number of rotatable bonds is 4. The van der Waals surface area contributed by atoms with Crippen LogP contribution < -0.4 is 0 Å². The zero-order chi connectivity index (χ0) is 22.7. The molecule has 0 saturated carbocycles. The highest BCUT2D eigenvalue weighted by molar-refractivity contribution is 7.98. The van der Waals surface area contributed by atoms with Crippen molar-refractivity contribution in [3.8, 4) is 5.75 Å². The molecule has 0 aliphatic carbocycles. The van der Waals surface area contributed by atoms with Crippen LogP contribution in [0.25, 0.3) is 10.8 Å². The summed E-state index contributed by atoms with van der Waals surface area (Å²) in [4.78, 5) is 1.40. The van der Waals surface area contributed by atoms with Crippen LogP contribution in [0.4, 0.5) is 13.2 Å². The lowest BCUT2D eigenvalue weighted by Gasteiger charge is -2.19. The van der Waals surface area contributed by atoms with Gasteiger partial charge in [-0.1, -0.05) is 26.0 Å². The molecular weight excluding hydrogens is 425 g/mol. The van der Waals surface area contributed by atoms with E-state index in [-0.39, 0.29) is 10.9 Å². The van der Waals surface area contributed by atoms with E-state index in [0.29, 0.717) is 22.2 Å². The van der Waals surface area contributed by atoms with Gasteiger partial charge in [0.1, 0.15) is 16.2 Å². The van der Waals surface area contributed by atoms with Crippen molar-refractivity contribution in [2.24, 2.45) is 0 Å². The Morgan fingerprint density at radius 2 is 1.41 bits per heavy atom. The molecule has 164 valence electrons. The van der Waals surface area contributed by atoms with Crippen LogP contribution in [0.1, 0.15) is 53.0 Å². The second-order valence-electron chi connectivity index (χ2n) is 7.41. The molecule has 0 bridgehead atoms. The number of aromatic hydroxyl groups is 1. The van der Waals surface area contributed by atoms with Gasteiger partial charge in [0.05, 0.1) is 0 Å². The van der Waals surface area contributed by atoms with Crippen molar-refractivity contribution in [3.63, 3.8) is 0 Å². The standard InChI is InChI=1S/C19H26OS.CHF3O3S/c1-12(2)16-9-10-19(21(13(3)4)14(5)6)18-11-15(20)7-8-17(16)18;2-1(3,4)8(5,6)7/h7-14H,1-6H3;(H,5,6,7). The van der Waals surface area contributed by atoms with E-state index in [0.717, 1.165) is 0 Å². The molecule has 0 saturated heterocycles. The summed E-state index contributed by atoms with van der Waals surface area (Å²) in [6.45, 7) is 13.7. The van der Waals surface area contributed by atoms with Crippen molar-refractivity contribution >= 4 is 31.8 Å². The molecule has 9 heteroatoms. The highest BCUT2D eigenvalue weighted by Gasteiger charge is 2.37. The largest absolute Gasteiger partial charge is 0.741 e. The summed E-state index contributed by atoms with van der Waals surface area (Å²) in [5.41, 5.74) is -4.28. The first-order valence-electron chi connectivity index (χ1n) is 9.07. The van der Waals surface area contributed by atoms with Crippen molar-refractivity contribution in [2.45, 2.75) is 68.4 Å². The Morgan fingerprint density at radius 1 is 0.931 bits per heavy atom. The maximum atomic E-state index is 10.7. The summed E-state index contributed by atoms with van der Waals surface area (Å²) in [6, 6.07) is 10.4. The topological polar surface area (TPSA) is 77.4 Å². The molecule has 1 N–H and O–H groups in total. The van der Waals surface area contributed by atoms with Gasteiger partial charge >= 0.3 is 5.51 Å². The first-order valence-corrected chi connectivity index (χ1v) is 11.8. The van der Waals surface area contributed by atoms with Gasteiger partial charge in [-0.2, -0.15) is 13.2 Å². The van der Waals surface area contributed by atoms with Crippen molar-refractivity contribution in [2.75, 3.05) is 0 Å². The van der Waals surface area contributed by atoms with Crippen molar-refractivity contribution in [3.05, 3.63) is 35.9 Å². The van der Waals surface area contributed by atoms with Crippen LogP contribution in [0.2, 0.25) is 0 Å². The number of fused-ring (bicyclic) bond motifs is 1. The number of halogens is 3. The summed E-state index contributed by atoms with van der Waals surface area (Å²) in [5, 5.41) is 13.7. The first-order chi connectivity index (χ1) is 13.1. The third-order valence-corrected chi connectivity index (χ3v) is 7.63. The lowest BCUT2D eigenvalue weighted by molar-refractivity contribution is -0.0517. The van der Waals surface area contributed by atoms with Crippen LogP contribution in [0, 0.1) is 0 Å². The number of benzene rings is 2. The molecule has 0 radical (unpaired) electrons. The van der Waals surface area contributed by atoms with Crippen LogP contribution >= 0.6 is 0 Å². The number of phenolic OH excluding ortho intramolecular Hbond substituents is 1. The summed E-state index contributed by atoms with van der Waals surface area (Å²) in [5.74, 6) is 0.853. The predicted molar refractivity (Wildman–Crippen MR) is 111 cm³/mol. The Morgan fingerprint density at radius 3 is 1.79 bits per heavy atom. The van der Waals surface area contributed by atoms with E-state index in [2.05, 4.69) is 59.7 Å². The average Bonchev–Trinajstić information content (AvgIpc) is 2.52. The molecule has 2 aromatic rings. The summed E-state index contributed by atoms with van der Waals surface area (Å²) in [7, 11) is -5.90. The summed E-state index contributed by atoms with van der Waals surface area (Å²) >= 11 is 0. The van der Waals surface area contributed by atoms with E-state index in [4.69, 9.17) is 13.0 Å². The normalized spacial score (nSPS) is 12.8. The van der Waals surface area contributed by atoms with E-state index in [1.807, 2.05) is 6.07 Å². The third kappa shape index (κ3) is 6.52. The van der Waals surface area contributed by atoms with Gasteiger partial charge in [-0.15, -0.1) is 0 Å². The van der Waals surface area contributed by atoms with Crippen LogP contribution in [0.15, 0.2) is 35.2 Å². The summed E-state index contributed by atoms with van der Waals surface area (Å²) < 4.78 is 58.9. The van der Waals surface area contributed by atoms with Gasteiger partial charge in [-0.05, 0) is 62.8 Å². The van der Waals surface area contributed by atoms with E-state index >= 15 is 0 Å². The third-order valence-electron chi connectivity index (χ3n) is 4.17. The van der Waals surface area contributed by atoms with Gasteiger partial charge in [0.25, 0.3) is 0 Å². The van der Waals surface area contributed by atoms with E-state index in [9.17, 15) is 18.3 Å². The predicted octanol–water partition coefficient (Wildman–Crippen LogP) is 5.51. The number of phenols is 1. The fourth-order valence-corrected chi connectivity index (χ4v) is 5.85. The first kappa shape index (κ1) is 25.6. The molecule has 0 unspecified atom stereocenters. The monoisotopic (exact) mass is 452 g/mol. The van der Waals surface area contributed by atoms with Crippen molar-refractivity contribution < 1.29 is 31.2 Å². The minimum atomic E-state index is -6.09. The quantitative estimate of drug-likeness (QED) is 0.377. The maximum Gasteiger partial charge on any atom is 0.485 e. The Kier molecular flexibility index (Phi) is 8.45. The van der Waals surface area contributed by atoms with Crippen LogP contribution in [-0.4, -0.2) is 34.1 Å². The van der Waals surface area contributed by atoms with E-state index in [1.165, 1.54) is 21.2 Å². The van der Waals surface area contributed by atoms with Gasteiger partial charge in [0.2, 0.25) is 0 Å². The van der Waals surface area contributed by atoms with E-state index < -0.39 is 15.6 Å². The molecule has 0 amide bonds. The zero-order valence-electron chi connectivity index (χ0n) is 17.2. The number of hydrogen-bond acceptors (Lipinski definition) is 4. The molecule has 0 spiro atoms. The van der Waals surface area contributed by atoms with Gasteiger partial charge in [0, 0.05) is 16.3 Å². The van der Waals surface area contributed by atoms with Gasteiger partial charge < -0.3 is 9.66 Å². The fraction of sp³-hybridized carbons (Fsp3) is 0.500. The molecule has 2 rings (SSSR count). The average molecular weight is 453 g/mol. The Hall–Kier alpha value is -1.45. The lowest BCUT2D eigenvalue weighted by Crippen LogP contribution is -2.24. The molecule has 0 fully saturated rings. The molecule has 0 aromatic heterocycles. The van der Waals surface area contributed by atoms with Gasteiger partial charge in [0.15, 0.2) is 15.0 Å². The van der Waals surface area contributed by atoms with Gasteiger partial charge in [-0.3, -0.25) is 0 Å². The second-order valence-corrected chi connectivity index (χ2v) is 11.8. The van der Waals surface area contributed by atoms with Crippen molar-refractivity contribution in [1.82, 2.24) is 0 Å². The molecular formula is C20H27F3O4S2. The van der Waals surface area contributed by atoms with Crippen molar-refractivity contribution in [1.29, 1.82) is 0 Å². The number of alkyl halides is 3. The smallest absolute Gasteiger partial charge is 0.485 e. The van der Waals surface area contributed by atoms with Crippen LogP contribution in [0.5, 0.6) is 5.75 Å². The molecule has 4 nitrogen and oxygen atoms in total. The molecule has 29 heavy (non-hydrogen) atoms. The highest BCUT2D eigenvalue weighted by Crippen LogP contribution is 2.36. The van der Waals surface area contributed by atoms with Gasteiger partial charge in [-0.25, -0.2) is 8.42 Å². The molecule has 2 aromatic carbocycles. The maximum absolute atomic E-state index is 10.7. The Balaban J connectivity index is 0.000000447. The Labute approximate surface area is 173 Å². The summed E-state index contributed by atoms with van der Waals surface area (Å²) in [6.07, 6.45) is 0.